The summed E-state index contributed by atoms with van der Waals surface area (Å²) in [6.45, 7) is 0. The van der Waals surface area contributed by atoms with Crippen LogP contribution in [-0.4, -0.2) is 7.11 Å². The summed E-state index contributed by atoms with van der Waals surface area (Å²) >= 11 is 0. The van der Waals surface area contributed by atoms with Crippen LogP contribution in [0.1, 0.15) is 12.8 Å². The van der Waals surface area contributed by atoms with Crippen molar-refractivity contribution in [2.75, 3.05) is 7.11 Å². The molecule has 0 aromatic heterocycles. The second kappa shape index (κ2) is 5.42. The maximum Gasteiger partial charge on any atom is 0.114 e. The van der Waals surface area contributed by atoms with E-state index in [0.29, 0.717) is 0 Å². The van der Waals surface area contributed by atoms with Crippen molar-refractivity contribution in [2.24, 2.45) is 0 Å². The fourth-order valence-electron chi connectivity index (χ4n) is 0.981. The summed E-state index contributed by atoms with van der Waals surface area (Å²) in [4.78, 5) is 0. The first-order valence-electron chi connectivity index (χ1n) is 4.16. The predicted molar refractivity (Wildman–Crippen MR) is 51.7 cm³/mol. The summed E-state index contributed by atoms with van der Waals surface area (Å²) in [5.41, 5.74) is 0. The summed E-state index contributed by atoms with van der Waals surface area (Å²) in [6.07, 6.45) is 16.4. The van der Waals surface area contributed by atoms with E-state index in [4.69, 9.17) is 4.74 Å². The van der Waals surface area contributed by atoms with Crippen LogP contribution in [0.2, 0.25) is 0 Å². The van der Waals surface area contributed by atoms with Gasteiger partial charge in [-0.25, -0.2) is 0 Å². The highest BCUT2D eigenvalue weighted by Crippen LogP contribution is 2.03. The van der Waals surface area contributed by atoms with Gasteiger partial charge >= 0.3 is 0 Å². The highest BCUT2D eigenvalue weighted by atomic mass is 16.5. The van der Waals surface area contributed by atoms with Crippen LogP contribution in [0, 0.1) is 0 Å². The van der Waals surface area contributed by atoms with E-state index in [1.54, 1.807) is 7.11 Å². The molecule has 0 saturated carbocycles. The first kappa shape index (κ1) is 8.85. The summed E-state index contributed by atoms with van der Waals surface area (Å²) < 4.78 is 5.14. The molecule has 1 rings (SSSR count). The number of hydrogen-bond acceptors (Lipinski definition) is 1. The minimum atomic E-state index is 0.928. The summed E-state index contributed by atoms with van der Waals surface area (Å²) in [5, 5.41) is 0. The Kier molecular flexibility index (Phi) is 4.00. The number of ether oxygens (including phenoxy) is 1. The predicted octanol–water partition coefficient (Wildman–Crippen LogP) is 2.98. The molecule has 0 aromatic rings. The SMILES string of the molecule is COC1=CCC=CC=CCC=C1. The first-order chi connectivity index (χ1) is 5.93. The molecule has 1 nitrogen and oxygen atoms in total. The molecular weight excluding hydrogens is 148 g/mol. The molecule has 64 valence electrons. The topological polar surface area (TPSA) is 9.23 Å². The van der Waals surface area contributed by atoms with Gasteiger partial charge in [0.15, 0.2) is 0 Å². The van der Waals surface area contributed by atoms with E-state index in [-0.39, 0.29) is 0 Å². The van der Waals surface area contributed by atoms with Gasteiger partial charge in [0.05, 0.1) is 7.11 Å². The molecule has 0 heterocycles. The molecule has 1 heteroatoms. The molecule has 1 aliphatic rings. The monoisotopic (exact) mass is 162 g/mol. The van der Waals surface area contributed by atoms with Gasteiger partial charge in [-0.15, -0.1) is 0 Å². The van der Waals surface area contributed by atoms with E-state index >= 15 is 0 Å². The third-order valence-electron chi connectivity index (χ3n) is 1.63. The van der Waals surface area contributed by atoms with Crippen molar-refractivity contribution >= 4 is 0 Å². The van der Waals surface area contributed by atoms with Gasteiger partial charge in [-0.2, -0.15) is 0 Å². The van der Waals surface area contributed by atoms with Crippen LogP contribution in [0.4, 0.5) is 0 Å². The number of allylic oxidation sites excluding steroid dienone is 7. The zero-order chi connectivity index (χ0) is 8.65. The Morgan fingerprint density at radius 2 is 1.83 bits per heavy atom. The van der Waals surface area contributed by atoms with Crippen LogP contribution in [0.5, 0.6) is 0 Å². The van der Waals surface area contributed by atoms with E-state index in [1.165, 1.54) is 0 Å². The molecule has 0 aromatic carbocycles. The summed E-state index contributed by atoms with van der Waals surface area (Å²) in [6, 6.07) is 0. The molecule has 0 aliphatic heterocycles. The quantitative estimate of drug-likeness (QED) is 0.576. The molecule has 0 radical (unpaired) electrons. The van der Waals surface area contributed by atoms with Crippen LogP contribution in [0.15, 0.2) is 48.3 Å². The molecule has 0 unspecified atom stereocenters. The van der Waals surface area contributed by atoms with Crippen LogP contribution in [0.3, 0.4) is 0 Å². The zero-order valence-corrected chi connectivity index (χ0v) is 7.36. The number of methoxy groups -OCH3 is 1. The van der Waals surface area contributed by atoms with Crippen molar-refractivity contribution in [3.63, 3.8) is 0 Å². The Morgan fingerprint density at radius 3 is 2.58 bits per heavy atom. The van der Waals surface area contributed by atoms with Gasteiger partial charge in [-0.1, -0.05) is 30.4 Å². The Labute approximate surface area is 73.7 Å². The molecule has 1 aliphatic carbocycles. The van der Waals surface area contributed by atoms with Crippen LogP contribution < -0.4 is 0 Å². The van der Waals surface area contributed by atoms with E-state index in [2.05, 4.69) is 36.5 Å². The normalized spacial score (nSPS) is 17.2. The average molecular weight is 162 g/mol. The number of hydrogen-bond donors (Lipinski definition) is 0. The third kappa shape index (κ3) is 3.24. The smallest absolute Gasteiger partial charge is 0.114 e. The Hall–Kier alpha value is -1.24. The maximum atomic E-state index is 5.14. The van der Waals surface area contributed by atoms with Crippen molar-refractivity contribution in [1.29, 1.82) is 0 Å². The molecule has 0 amide bonds. The summed E-state index contributed by atoms with van der Waals surface area (Å²) in [7, 11) is 1.70. The van der Waals surface area contributed by atoms with Crippen molar-refractivity contribution in [3.8, 4) is 0 Å². The Morgan fingerprint density at radius 1 is 1.08 bits per heavy atom. The van der Waals surface area contributed by atoms with Crippen LogP contribution >= 0.6 is 0 Å². The van der Waals surface area contributed by atoms with Gasteiger partial charge in [0, 0.05) is 0 Å². The lowest BCUT2D eigenvalue weighted by molar-refractivity contribution is 0.305. The molecule has 0 N–H and O–H groups in total. The van der Waals surface area contributed by atoms with Gasteiger partial charge in [0.2, 0.25) is 0 Å². The molecule has 0 saturated heterocycles. The average Bonchev–Trinajstić information content (AvgIpc) is 2.14. The highest BCUT2D eigenvalue weighted by molar-refractivity contribution is 5.17. The second-order valence-electron chi connectivity index (χ2n) is 2.54. The van der Waals surface area contributed by atoms with Gasteiger partial charge in [0.25, 0.3) is 0 Å². The van der Waals surface area contributed by atoms with E-state index in [0.717, 1.165) is 18.6 Å². The lowest BCUT2D eigenvalue weighted by atomic mass is 10.2. The molecule has 0 fully saturated rings. The van der Waals surface area contributed by atoms with E-state index in [9.17, 15) is 0 Å². The fraction of sp³-hybridized carbons (Fsp3) is 0.273. The van der Waals surface area contributed by atoms with Crippen molar-refractivity contribution in [2.45, 2.75) is 12.8 Å². The van der Waals surface area contributed by atoms with Crippen molar-refractivity contribution < 1.29 is 4.74 Å². The molecule has 0 atom stereocenters. The number of rotatable bonds is 1. The summed E-state index contributed by atoms with van der Waals surface area (Å²) in [5.74, 6) is 0.940. The molecule has 12 heavy (non-hydrogen) atoms. The maximum absolute atomic E-state index is 5.14. The van der Waals surface area contributed by atoms with Crippen molar-refractivity contribution in [1.82, 2.24) is 0 Å². The Bertz CT molecular complexity index is 231. The van der Waals surface area contributed by atoms with Gasteiger partial charge in [-0.05, 0) is 25.0 Å². The minimum absolute atomic E-state index is 0.928. The molecule has 0 bridgehead atoms. The fourth-order valence-corrected chi connectivity index (χ4v) is 0.981. The third-order valence-corrected chi connectivity index (χ3v) is 1.63. The van der Waals surface area contributed by atoms with Gasteiger partial charge in [0.1, 0.15) is 5.76 Å². The van der Waals surface area contributed by atoms with Crippen LogP contribution in [-0.2, 0) is 4.74 Å². The largest absolute Gasteiger partial charge is 0.497 e. The second-order valence-corrected chi connectivity index (χ2v) is 2.54. The lowest BCUT2D eigenvalue weighted by Gasteiger charge is -1.98. The van der Waals surface area contributed by atoms with E-state index in [1.807, 2.05) is 6.08 Å². The molecule has 0 spiro atoms. The standard InChI is InChI=1S/C11H14O/c1-12-11-9-7-5-3-2-4-6-8-10-11/h2-5,8-10H,6-7H2,1H3. The Balaban J connectivity index is 2.63. The van der Waals surface area contributed by atoms with Gasteiger partial charge < -0.3 is 4.74 Å². The minimum Gasteiger partial charge on any atom is -0.497 e. The van der Waals surface area contributed by atoms with Crippen molar-refractivity contribution in [3.05, 3.63) is 48.3 Å². The highest BCUT2D eigenvalue weighted by Gasteiger charge is 1.87. The zero-order valence-electron chi connectivity index (χ0n) is 7.36. The van der Waals surface area contributed by atoms with Crippen LogP contribution in [0.25, 0.3) is 0 Å². The molecular formula is C11H14O. The lowest BCUT2D eigenvalue weighted by Crippen LogP contribution is -1.81. The first-order valence-corrected chi connectivity index (χ1v) is 4.16. The van der Waals surface area contributed by atoms with Gasteiger partial charge in [-0.3, -0.25) is 0 Å². The van der Waals surface area contributed by atoms with E-state index < -0.39 is 0 Å².